The van der Waals surface area contributed by atoms with Gasteiger partial charge in [0.15, 0.2) is 0 Å². The van der Waals surface area contributed by atoms with Gasteiger partial charge in [-0.2, -0.15) is 0 Å². The number of esters is 1. The lowest BCUT2D eigenvalue weighted by Gasteiger charge is -2.43. The normalized spacial score (nSPS) is 27.3. The maximum absolute atomic E-state index is 14.3. The van der Waals surface area contributed by atoms with E-state index in [4.69, 9.17) is 9.47 Å². The predicted molar refractivity (Wildman–Crippen MR) is 160 cm³/mol. The summed E-state index contributed by atoms with van der Waals surface area (Å²) in [6.45, 7) is 14.8. The second kappa shape index (κ2) is 13.0. The molecule has 3 aliphatic heterocycles. The number of carbonyl (C=O) groups excluding carboxylic acids is 4. The number of benzene rings is 1. The Labute approximate surface area is 254 Å². The van der Waals surface area contributed by atoms with Gasteiger partial charge in [-0.1, -0.05) is 42.5 Å². The molecule has 43 heavy (non-hydrogen) atoms. The van der Waals surface area contributed by atoms with Gasteiger partial charge in [-0.25, -0.2) is 0 Å². The summed E-state index contributed by atoms with van der Waals surface area (Å²) >= 11 is 0. The number of likely N-dealkylation sites (tertiary alicyclic amines) is 1. The van der Waals surface area contributed by atoms with Crippen molar-refractivity contribution < 1.29 is 33.8 Å². The van der Waals surface area contributed by atoms with Gasteiger partial charge in [-0.3, -0.25) is 19.2 Å². The molecule has 0 radical (unpaired) electrons. The fraction of sp³-hybridized carbons (Fsp3) is 0.576. The minimum Gasteiger partial charge on any atom is -0.455 e. The number of aliphatic hydroxyl groups is 1. The Morgan fingerprint density at radius 1 is 1.23 bits per heavy atom. The van der Waals surface area contributed by atoms with Crippen molar-refractivity contribution in [2.24, 2.45) is 11.8 Å². The van der Waals surface area contributed by atoms with Gasteiger partial charge in [-0.15, -0.1) is 13.2 Å². The number of ether oxygens (including phenoxy) is 2. The molecule has 10 nitrogen and oxygen atoms in total. The summed E-state index contributed by atoms with van der Waals surface area (Å²) in [4.78, 5) is 57.9. The van der Waals surface area contributed by atoms with Crippen LogP contribution in [0, 0.1) is 11.8 Å². The molecule has 0 unspecified atom stereocenters. The van der Waals surface area contributed by atoms with Crippen molar-refractivity contribution in [2.45, 2.75) is 88.8 Å². The predicted octanol–water partition coefficient (Wildman–Crippen LogP) is 2.92. The van der Waals surface area contributed by atoms with Crippen LogP contribution in [-0.2, 0) is 28.7 Å². The molecule has 2 N–H and O–H groups in total. The summed E-state index contributed by atoms with van der Waals surface area (Å²) in [6, 6.07) is 7.43. The smallest absolute Gasteiger partial charge is 0.313 e. The van der Waals surface area contributed by atoms with Gasteiger partial charge in [0.2, 0.25) is 17.7 Å². The SMILES string of the molecule is C=CCCC(=O)NC[C@H](OC(=O)[C@@H]1[C@@H]2CC[C@]3(O2)[C@H](C(=O)N(CC=C)C(C)(C)C)N([C@H](C)CO)C(=O)[C@@H]13)c1ccccc1. The van der Waals surface area contributed by atoms with Gasteiger partial charge < -0.3 is 29.7 Å². The molecule has 3 heterocycles. The molecule has 7 atom stereocenters. The number of carbonyl (C=O) groups is 4. The second-order valence-corrected chi connectivity index (χ2v) is 12.7. The summed E-state index contributed by atoms with van der Waals surface area (Å²) < 4.78 is 12.6. The number of nitrogens with one attached hydrogen (secondary N) is 1. The Kier molecular flexibility index (Phi) is 9.81. The highest BCUT2D eigenvalue weighted by Crippen LogP contribution is 2.59. The van der Waals surface area contributed by atoms with E-state index < -0.39 is 59.1 Å². The van der Waals surface area contributed by atoms with E-state index in [-0.39, 0.29) is 37.9 Å². The molecule has 3 saturated heterocycles. The van der Waals surface area contributed by atoms with Crippen molar-refractivity contribution >= 4 is 23.7 Å². The van der Waals surface area contributed by atoms with Gasteiger partial charge in [0, 0.05) is 18.5 Å². The van der Waals surface area contributed by atoms with Gasteiger partial charge in [-0.05, 0) is 52.5 Å². The topological polar surface area (TPSA) is 125 Å². The summed E-state index contributed by atoms with van der Waals surface area (Å²) in [5.74, 6) is -3.37. The fourth-order valence-corrected chi connectivity index (χ4v) is 6.81. The van der Waals surface area contributed by atoms with Crippen LogP contribution in [0.4, 0.5) is 0 Å². The van der Waals surface area contributed by atoms with Gasteiger partial charge in [0.25, 0.3) is 0 Å². The van der Waals surface area contributed by atoms with Crippen molar-refractivity contribution in [3.05, 3.63) is 61.2 Å². The van der Waals surface area contributed by atoms with Crippen molar-refractivity contribution in [3.63, 3.8) is 0 Å². The third kappa shape index (κ3) is 6.13. The zero-order valence-corrected chi connectivity index (χ0v) is 25.7. The van der Waals surface area contributed by atoms with E-state index in [1.807, 2.05) is 51.1 Å². The Hall–Kier alpha value is -3.50. The minimum atomic E-state index is -1.22. The second-order valence-electron chi connectivity index (χ2n) is 12.7. The van der Waals surface area contributed by atoms with Crippen LogP contribution in [0.25, 0.3) is 0 Å². The van der Waals surface area contributed by atoms with E-state index in [1.54, 1.807) is 24.0 Å². The molecule has 3 aliphatic rings. The highest BCUT2D eigenvalue weighted by Gasteiger charge is 2.75. The van der Waals surface area contributed by atoms with Crippen LogP contribution < -0.4 is 5.32 Å². The maximum atomic E-state index is 14.3. The molecule has 2 bridgehead atoms. The van der Waals surface area contributed by atoms with Crippen molar-refractivity contribution in [2.75, 3.05) is 19.7 Å². The lowest BCUT2D eigenvalue weighted by molar-refractivity contribution is -0.161. The van der Waals surface area contributed by atoms with Crippen LogP contribution in [0.5, 0.6) is 0 Å². The zero-order valence-electron chi connectivity index (χ0n) is 25.7. The van der Waals surface area contributed by atoms with Crippen molar-refractivity contribution in [1.82, 2.24) is 15.1 Å². The molecule has 3 amide bonds. The van der Waals surface area contributed by atoms with E-state index in [9.17, 15) is 24.3 Å². The van der Waals surface area contributed by atoms with Crippen LogP contribution >= 0.6 is 0 Å². The average Bonchev–Trinajstić information content (AvgIpc) is 3.63. The molecule has 0 saturated carbocycles. The first-order valence-corrected chi connectivity index (χ1v) is 15.1. The number of hydrogen-bond acceptors (Lipinski definition) is 7. The Balaban J connectivity index is 1.65. The van der Waals surface area contributed by atoms with Gasteiger partial charge in [0.05, 0.1) is 37.1 Å². The lowest BCUT2D eigenvalue weighted by Crippen LogP contribution is -2.61. The molecule has 1 spiro atoms. The van der Waals surface area contributed by atoms with Crippen LogP contribution in [0.1, 0.15) is 65.0 Å². The highest BCUT2D eigenvalue weighted by molar-refractivity contribution is 5.98. The first kappa shape index (κ1) is 32.4. The molecule has 234 valence electrons. The van der Waals surface area contributed by atoms with E-state index >= 15 is 0 Å². The van der Waals surface area contributed by atoms with Gasteiger partial charge in [0.1, 0.15) is 17.7 Å². The molecular formula is C33H45N3O7. The van der Waals surface area contributed by atoms with E-state index in [0.29, 0.717) is 24.8 Å². The molecular weight excluding hydrogens is 550 g/mol. The number of fused-ring (bicyclic) bond motifs is 1. The van der Waals surface area contributed by atoms with Crippen LogP contribution in [0.3, 0.4) is 0 Å². The molecule has 1 aromatic rings. The summed E-state index contributed by atoms with van der Waals surface area (Å²) in [7, 11) is 0. The zero-order chi connectivity index (χ0) is 31.5. The maximum Gasteiger partial charge on any atom is 0.313 e. The lowest BCUT2D eigenvalue weighted by atomic mass is 9.70. The monoisotopic (exact) mass is 595 g/mol. The first-order valence-electron chi connectivity index (χ1n) is 15.1. The Morgan fingerprint density at radius 2 is 1.93 bits per heavy atom. The Morgan fingerprint density at radius 3 is 2.53 bits per heavy atom. The molecule has 0 aromatic heterocycles. The first-order chi connectivity index (χ1) is 20.4. The minimum absolute atomic E-state index is 0.0601. The van der Waals surface area contributed by atoms with Crippen LogP contribution in [0.15, 0.2) is 55.6 Å². The van der Waals surface area contributed by atoms with Crippen molar-refractivity contribution in [3.8, 4) is 0 Å². The fourth-order valence-electron chi connectivity index (χ4n) is 6.81. The van der Waals surface area contributed by atoms with Crippen molar-refractivity contribution in [1.29, 1.82) is 0 Å². The summed E-state index contributed by atoms with van der Waals surface area (Å²) in [5.41, 5.74) is -1.10. The number of aliphatic hydroxyl groups excluding tert-OH is 1. The third-order valence-electron chi connectivity index (χ3n) is 8.86. The molecule has 1 aromatic carbocycles. The number of amides is 3. The van der Waals surface area contributed by atoms with E-state index in [0.717, 1.165) is 0 Å². The molecule has 10 heteroatoms. The average molecular weight is 596 g/mol. The standard InChI is InChI=1S/C33H45N3O7/c1-7-9-15-25(38)34-19-24(22-13-11-10-12-14-22)42-31(41)26-23-16-17-33(43-23)27(26)29(39)36(21(3)20-37)28(33)30(40)35(18-8-2)32(4,5)6/h7-8,10-14,21,23-24,26-28,37H,1-2,9,15-20H2,3-6H3,(H,34,38)/t21-,23+,24+,26-,27-,28+,33-/m1/s1. The van der Waals surface area contributed by atoms with Crippen LogP contribution in [-0.4, -0.2) is 87.6 Å². The molecule has 4 rings (SSSR count). The summed E-state index contributed by atoms with van der Waals surface area (Å²) in [5, 5.41) is 12.9. The number of rotatable bonds is 13. The third-order valence-corrected chi connectivity index (χ3v) is 8.86. The summed E-state index contributed by atoms with van der Waals surface area (Å²) in [6.07, 6.45) is 3.62. The van der Waals surface area contributed by atoms with E-state index in [1.165, 1.54) is 4.90 Å². The van der Waals surface area contributed by atoms with E-state index in [2.05, 4.69) is 18.5 Å². The Bertz CT molecular complexity index is 1230. The largest absolute Gasteiger partial charge is 0.455 e. The molecule has 0 aliphatic carbocycles. The number of nitrogens with zero attached hydrogens (tertiary/aromatic N) is 2. The quantitative estimate of drug-likeness (QED) is 0.265. The number of hydrogen-bond donors (Lipinski definition) is 2. The van der Waals surface area contributed by atoms with Crippen LogP contribution in [0.2, 0.25) is 0 Å². The molecule has 3 fully saturated rings. The van der Waals surface area contributed by atoms with Gasteiger partial charge >= 0.3 is 5.97 Å². The highest BCUT2D eigenvalue weighted by atomic mass is 16.6. The number of allylic oxidation sites excluding steroid dienone is 1.